The number of rotatable bonds is 1. The van der Waals surface area contributed by atoms with Crippen LogP contribution in [-0.4, -0.2) is 16.6 Å². The van der Waals surface area contributed by atoms with Crippen LogP contribution in [0.1, 0.15) is 22.6 Å². The average Bonchev–Trinajstić information content (AvgIpc) is 2.62. The van der Waals surface area contributed by atoms with Gasteiger partial charge < -0.3 is 4.90 Å². The Morgan fingerprint density at radius 2 is 1.58 bits per heavy atom. The first-order valence-corrected chi connectivity index (χ1v) is 7.80. The molecule has 3 aromatic rings. The molecule has 0 spiro atoms. The second-order valence-electron chi connectivity index (χ2n) is 6.02. The lowest BCUT2D eigenvalue weighted by atomic mass is 9.82. The van der Waals surface area contributed by atoms with Gasteiger partial charge in [-0.2, -0.15) is 0 Å². The zero-order valence-corrected chi connectivity index (χ0v) is 13.5. The van der Waals surface area contributed by atoms with Crippen molar-refractivity contribution in [3.05, 3.63) is 92.1 Å². The number of H-pyrrole nitrogens is 1. The molecule has 0 saturated carbocycles. The number of hydrogen-bond donors (Lipinski definition) is 1. The first kappa shape index (κ1) is 14.5. The Morgan fingerprint density at radius 1 is 0.917 bits per heavy atom. The molecular formula is C19H17N3O2. The van der Waals surface area contributed by atoms with E-state index < -0.39 is 5.69 Å². The number of nitrogens with zero attached hydrogens (tertiary/aromatic N) is 2. The van der Waals surface area contributed by atoms with Crippen molar-refractivity contribution in [2.45, 2.75) is 5.92 Å². The third kappa shape index (κ3) is 1.94. The predicted molar refractivity (Wildman–Crippen MR) is 94.2 cm³/mol. The molecule has 0 unspecified atom stereocenters. The van der Waals surface area contributed by atoms with Crippen LogP contribution in [0.5, 0.6) is 0 Å². The highest BCUT2D eigenvalue weighted by Gasteiger charge is 2.33. The van der Waals surface area contributed by atoms with Gasteiger partial charge in [0.25, 0.3) is 5.56 Å². The molecule has 0 radical (unpaired) electrons. The van der Waals surface area contributed by atoms with Crippen LogP contribution >= 0.6 is 0 Å². The van der Waals surface area contributed by atoms with E-state index in [4.69, 9.17) is 0 Å². The lowest BCUT2D eigenvalue weighted by Gasteiger charge is -2.34. The summed E-state index contributed by atoms with van der Waals surface area (Å²) < 4.78 is 1.14. The molecule has 2 heterocycles. The Kier molecular flexibility index (Phi) is 3.16. The number of aromatic nitrogens is 2. The lowest BCUT2D eigenvalue weighted by molar-refractivity contribution is 0.732. The zero-order valence-electron chi connectivity index (χ0n) is 13.5. The van der Waals surface area contributed by atoms with Crippen LogP contribution in [0.25, 0.3) is 0 Å². The first-order chi connectivity index (χ1) is 11.6. The van der Waals surface area contributed by atoms with Crippen molar-refractivity contribution in [1.82, 2.24) is 9.55 Å². The molecule has 1 aliphatic heterocycles. The Bertz CT molecular complexity index is 1030. The number of anilines is 2. The molecule has 24 heavy (non-hydrogen) atoms. The smallest absolute Gasteiger partial charge is 0.329 e. The van der Waals surface area contributed by atoms with Crippen LogP contribution in [0.2, 0.25) is 0 Å². The molecule has 2 aromatic carbocycles. The number of fused-ring (bicyclic) bond motifs is 2. The summed E-state index contributed by atoms with van der Waals surface area (Å²) >= 11 is 0. The summed E-state index contributed by atoms with van der Waals surface area (Å²) in [7, 11) is 3.37. The van der Waals surface area contributed by atoms with Crippen LogP contribution in [0, 0.1) is 0 Å². The SMILES string of the molecule is CN1c2ccccc2[C@H](c2ccccc2)c2c1[nH]c(=O)n(C)c2=O. The monoisotopic (exact) mass is 319 g/mol. The minimum Gasteiger partial charge on any atom is -0.330 e. The summed E-state index contributed by atoms with van der Waals surface area (Å²) in [4.78, 5) is 29.7. The maximum Gasteiger partial charge on any atom is 0.329 e. The maximum atomic E-state index is 12.9. The van der Waals surface area contributed by atoms with Gasteiger partial charge in [0.2, 0.25) is 0 Å². The molecule has 0 aliphatic carbocycles. The highest BCUT2D eigenvalue weighted by molar-refractivity contribution is 5.74. The van der Waals surface area contributed by atoms with Crippen molar-refractivity contribution in [3.63, 3.8) is 0 Å². The van der Waals surface area contributed by atoms with Crippen LogP contribution in [0.3, 0.4) is 0 Å². The van der Waals surface area contributed by atoms with Crippen LogP contribution < -0.4 is 16.1 Å². The number of hydrogen-bond acceptors (Lipinski definition) is 3. The molecule has 1 N–H and O–H groups in total. The Balaban J connectivity index is 2.12. The molecule has 0 amide bonds. The van der Waals surface area contributed by atoms with Crippen molar-refractivity contribution in [2.24, 2.45) is 7.05 Å². The van der Waals surface area contributed by atoms with E-state index >= 15 is 0 Å². The van der Waals surface area contributed by atoms with E-state index in [0.717, 1.165) is 21.4 Å². The highest BCUT2D eigenvalue weighted by Crippen LogP contribution is 2.44. The average molecular weight is 319 g/mol. The van der Waals surface area contributed by atoms with Gasteiger partial charge in [0.1, 0.15) is 5.82 Å². The van der Waals surface area contributed by atoms with Gasteiger partial charge in [0, 0.05) is 25.7 Å². The summed E-state index contributed by atoms with van der Waals surface area (Å²) in [6, 6.07) is 17.9. The van der Waals surface area contributed by atoms with Crippen LogP contribution in [-0.2, 0) is 7.05 Å². The fraction of sp³-hybridized carbons (Fsp3) is 0.158. The van der Waals surface area contributed by atoms with Crippen LogP contribution in [0.4, 0.5) is 11.5 Å². The van der Waals surface area contributed by atoms with E-state index in [1.807, 2.05) is 66.5 Å². The van der Waals surface area contributed by atoms with Crippen molar-refractivity contribution in [1.29, 1.82) is 0 Å². The fourth-order valence-electron chi connectivity index (χ4n) is 3.46. The van der Waals surface area contributed by atoms with Gasteiger partial charge >= 0.3 is 5.69 Å². The number of aromatic amines is 1. The Hall–Kier alpha value is -3.08. The van der Waals surface area contributed by atoms with Gasteiger partial charge in [-0.05, 0) is 17.2 Å². The van der Waals surface area contributed by atoms with Crippen molar-refractivity contribution in [2.75, 3.05) is 11.9 Å². The van der Waals surface area contributed by atoms with Gasteiger partial charge in [-0.15, -0.1) is 0 Å². The predicted octanol–water partition coefficient (Wildman–Crippen LogP) is 2.34. The number of benzene rings is 2. The van der Waals surface area contributed by atoms with Gasteiger partial charge in [0.05, 0.1) is 5.56 Å². The van der Waals surface area contributed by atoms with Crippen molar-refractivity contribution in [3.8, 4) is 0 Å². The third-order valence-electron chi connectivity index (χ3n) is 4.69. The standard InChI is InChI=1S/C19H17N3O2/c1-21-14-11-7-6-10-13(14)15(12-8-4-3-5-9-12)16-17(21)20-19(24)22(2)18(16)23/h3-11,15H,1-2H3,(H,20,24)/t15-/m0/s1. The quantitative estimate of drug-likeness (QED) is 0.749. The Labute approximate surface area is 138 Å². The molecule has 0 saturated heterocycles. The highest BCUT2D eigenvalue weighted by atomic mass is 16.2. The fourth-order valence-corrected chi connectivity index (χ4v) is 3.46. The van der Waals surface area contributed by atoms with Crippen LogP contribution in [0.15, 0.2) is 64.2 Å². The van der Waals surface area contributed by atoms with E-state index in [2.05, 4.69) is 4.98 Å². The number of para-hydroxylation sites is 1. The molecule has 0 bridgehead atoms. The summed E-state index contributed by atoms with van der Waals surface area (Å²) in [6.07, 6.45) is 0. The minimum absolute atomic E-state index is 0.204. The third-order valence-corrected chi connectivity index (χ3v) is 4.69. The minimum atomic E-state index is -0.406. The van der Waals surface area contributed by atoms with E-state index in [1.165, 1.54) is 7.05 Å². The summed E-state index contributed by atoms with van der Waals surface area (Å²) in [5.41, 5.74) is 3.01. The largest absolute Gasteiger partial charge is 0.330 e. The molecule has 1 aliphatic rings. The second-order valence-corrected chi connectivity index (χ2v) is 6.02. The molecule has 0 fully saturated rings. The topological polar surface area (TPSA) is 58.1 Å². The van der Waals surface area contributed by atoms with Gasteiger partial charge in [0.15, 0.2) is 0 Å². The van der Waals surface area contributed by atoms with E-state index in [0.29, 0.717) is 11.4 Å². The molecule has 120 valence electrons. The van der Waals surface area contributed by atoms with Gasteiger partial charge in [-0.1, -0.05) is 48.5 Å². The molecule has 5 nitrogen and oxygen atoms in total. The summed E-state index contributed by atoms with van der Waals surface area (Å²) in [6.45, 7) is 0. The zero-order chi connectivity index (χ0) is 16.8. The second kappa shape index (κ2) is 5.23. The summed E-state index contributed by atoms with van der Waals surface area (Å²) in [5.74, 6) is 0.361. The lowest BCUT2D eigenvalue weighted by Crippen LogP contribution is -2.40. The molecule has 4 rings (SSSR count). The summed E-state index contributed by atoms with van der Waals surface area (Å²) in [5, 5.41) is 0. The van der Waals surface area contributed by atoms with E-state index in [-0.39, 0.29) is 11.5 Å². The van der Waals surface area contributed by atoms with Gasteiger partial charge in [-0.25, -0.2) is 4.79 Å². The van der Waals surface area contributed by atoms with Crippen molar-refractivity contribution >= 4 is 11.5 Å². The Morgan fingerprint density at radius 3 is 2.33 bits per heavy atom. The van der Waals surface area contributed by atoms with Crippen molar-refractivity contribution < 1.29 is 0 Å². The van der Waals surface area contributed by atoms with E-state index in [1.54, 1.807) is 0 Å². The number of nitrogens with one attached hydrogen (secondary N) is 1. The molecule has 1 aromatic heterocycles. The molecular weight excluding hydrogens is 302 g/mol. The molecule has 1 atom stereocenters. The first-order valence-electron chi connectivity index (χ1n) is 7.80. The van der Waals surface area contributed by atoms with E-state index in [9.17, 15) is 9.59 Å². The maximum absolute atomic E-state index is 12.9. The molecule has 5 heteroatoms. The van der Waals surface area contributed by atoms with Gasteiger partial charge in [-0.3, -0.25) is 14.3 Å². The normalized spacial score (nSPS) is 15.8.